The number of halogens is 3. The van der Waals surface area contributed by atoms with Gasteiger partial charge in [-0.15, -0.1) is 0 Å². The Morgan fingerprint density at radius 2 is 1.86 bits per heavy atom. The van der Waals surface area contributed by atoms with E-state index < -0.39 is 12.1 Å². The van der Waals surface area contributed by atoms with Crippen LogP contribution in [0.15, 0.2) is 17.2 Å². The normalized spacial score (nSPS) is 24.1. The molecule has 29 heavy (non-hydrogen) atoms. The lowest BCUT2D eigenvalue weighted by Gasteiger charge is -2.29. The van der Waals surface area contributed by atoms with Crippen LogP contribution in [0.1, 0.15) is 50.3 Å². The first-order valence-corrected chi connectivity index (χ1v) is 10.2. The summed E-state index contributed by atoms with van der Waals surface area (Å²) in [5.41, 5.74) is 0.293. The minimum Gasteiger partial charge on any atom is -0.477 e. The van der Waals surface area contributed by atoms with E-state index in [9.17, 15) is 18.0 Å². The van der Waals surface area contributed by atoms with Gasteiger partial charge in [0.1, 0.15) is 11.3 Å². The molecule has 9 heteroatoms. The maximum absolute atomic E-state index is 12.8. The van der Waals surface area contributed by atoms with Gasteiger partial charge in [-0.05, 0) is 44.4 Å². The van der Waals surface area contributed by atoms with Crippen LogP contribution >= 0.6 is 0 Å². The van der Waals surface area contributed by atoms with Gasteiger partial charge in [0.15, 0.2) is 0 Å². The summed E-state index contributed by atoms with van der Waals surface area (Å²) in [6.07, 6.45) is 2.22. The Morgan fingerprint density at radius 1 is 1.17 bits per heavy atom. The average molecular weight is 413 g/mol. The van der Waals surface area contributed by atoms with E-state index in [4.69, 9.17) is 9.47 Å². The van der Waals surface area contributed by atoms with Gasteiger partial charge < -0.3 is 9.47 Å². The third-order valence-corrected chi connectivity index (χ3v) is 6.28. The van der Waals surface area contributed by atoms with Crippen molar-refractivity contribution in [3.8, 4) is 5.88 Å². The zero-order valence-electron chi connectivity index (χ0n) is 16.5. The van der Waals surface area contributed by atoms with E-state index in [1.54, 1.807) is 23.8 Å². The van der Waals surface area contributed by atoms with Gasteiger partial charge in [-0.1, -0.05) is 0 Å². The average Bonchev–Trinajstić information content (AvgIpc) is 3.14. The highest BCUT2D eigenvalue weighted by Crippen LogP contribution is 2.39. The number of nitrogens with zero attached hydrogens (tertiary/aromatic N) is 3. The van der Waals surface area contributed by atoms with Crippen LogP contribution in [0.3, 0.4) is 0 Å². The molecule has 160 valence electrons. The molecule has 0 N–H and O–H groups in total. The van der Waals surface area contributed by atoms with E-state index in [0.717, 1.165) is 18.7 Å². The van der Waals surface area contributed by atoms with Gasteiger partial charge in [0.25, 0.3) is 5.56 Å². The molecule has 0 bridgehead atoms. The lowest BCUT2D eigenvalue weighted by Crippen LogP contribution is -2.30. The number of fused-ring (bicyclic) bond motifs is 1. The van der Waals surface area contributed by atoms with Crippen LogP contribution in [-0.2, 0) is 11.8 Å². The quantitative estimate of drug-likeness (QED) is 0.768. The highest BCUT2D eigenvalue weighted by molar-refractivity contribution is 5.45. The van der Waals surface area contributed by atoms with Gasteiger partial charge in [-0.3, -0.25) is 13.8 Å². The third-order valence-electron chi connectivity index (χ3n) is 6.28. The number of alkyl halides is 3. The lowest BCUT2D eigenvalue weighted by molar-refractivity contribution is -0.184. The summed E-state index contributed by atoms with van der Waals surface area (Å²) >= 11 is 0. The maximum Gasteiger partial charge on any atom is 0.391 e. The molecule has 0 aromatic carbocycles. The standard InChI is InChI=1S/C20H26F3N3O3/c1-25-17(29-12-13-2-4-15(5-3-13)20(21,22)23)11-26-16(19(25)27)10-24-18(26)14-6-8-28-9-7-14/h10-11,13-15H,2-9,12H2,1H3/t13-,15-. The highest BCUT2D eigenvalue weighted by Gasteiger charge is 2.41. The third kappa shape index (κ3) is 4.15. The molecule has 4 rings (SSSR count). The summed E-state index contributed by atoms with van der Waals surface area (Å²) in [6, 6.07) is 0. The molecule has 2 fully saturated rings. The predicted molar refractivity (Wildman–Crippen MR) is 100 cm³/mol. The van der Waals surface area contributed by atoms with Gasteiger partial charge in [0.2, 0.25) is 5.88 Å². The molecule has 1 saturated carbocycles. The maximum atomic E-state index is 12.8. The van der Waals surface area contributed by atoms with Crippen LogP contribution in [0.2, 0.25) is 0 Å². The van der Waals surface area contributed by atoms with Crippen molar-refractivity contribution in [2.45, 2.75) is 50.6 Å². The minimum atomic E-state index is -4.11. The molecule has 3 heterocycles. The van der Waals surface area contributed by atoms with Crippen molar-refractivity contribution in [1.82, 2.24) is 14.0 Å². The molecule has 1 aliphatic heterocycles. The Hall–Kier alpha value is -2.03. The van der Waals surface area contributed by atoms with Crippen molar-refractivity contribution < 1.29 is 22.6 Å². The largest absolute Gasteiger partial charge is 0.477 e. The fraction of sp³-hybridized carbons (Fsp3) is 0.700. The molecule has 0 atom stereocenters. The van der Waals surface area contributed by atoms with Gasteiger partial charge in [-0.2, -0.15) is 13.2 Å². The molecule has 0 radical (unpaired) electrons. The summed E-state index contributed by atoms with van der Waals surface area (Å²) in [6.45, 7) is 1.66. The predicted octanol–water partition coefficient (Wildman–Crippen LogP) is 3.67. The Morgan fingerprint density at radius 3 is 2.52 bits per heavy atom. The molecule has 0 amide bonds. The van der Waals surface area contributed by atoms with Crippen LogP contribution in [0.25, 0.3) is 5.52 Å². The minimum absolute atomic E-state index is 0.0668. The van der Waals surface area contributed by atoms with E-state index >= 15 is 0 Å². The molecule has 6 nitrogen and oxygen atoms in total. The zero-order chi connectivity index (χ0) is 20.6. The van der Waals surface area contributed by atoms with Crippen molar-refractivity contribution in [2.75, 3.05) is 19.8 Å². The summed E-state index contributed by atoms with van der Waals surface area (Å²) in [7, 11) is 1.64. The molecule has 2 aromatic heterocycles. The molecule has 2 aromatic rings. The Kier molecular flexibility index (Phi) is 5.59. The lowest BCUT2D eigenvalue weighted by atomic mass is 9.82. The number of imidazole rings is 1. The SMILES string of the molecule is Cn1c(OC[C@H]2CC[C@H](C(F)(F)F)CC2)cn2c(C3CCOCC3)ncc2c1=O. The van der Waals surface area contributed by atoms with E-state index in [0.29, 0.717) is 44.1 Å². The molecular formula is C20H26F3N3O3. The Bertz CT molecular complexity index is 907. The van der Waals surface area contributed by atoms with E-state index in [1.165, 1.54) is 4.57 Å². The second-order valence-corrected chi connectivity index (χ2v) is 8.16. The number of aromatic nitrogens is 3. The molecule has 1 aliphatic carbocycles. The summed E-state index contributed by atoms with van der Waals surface area (Å²) in [5.74, 6) is 0.330. The Labute approximate surface area is 166 Å². The summed E-state index contributed by atoms with van der Waals surface area (Å²) < 4.78 is 53.1. The van der Waals surface area contributed by atoms with E-state index in [1.807, 2.05) is 0 Å². The summed E-state index contributed by atoms with van der Waals surface area (Å²) in [5, 5.41) is 0. The topological polar surface area (TPSA) is 57.8 Å². The van der Waals surface area contributed by atoms with Gasteiger partial charge >= 0.3 is 6.18 Å². The number of ether oxygens (including phenoxy) is 2. The zero-order valence-corrected chi connectivity index (χ0v) is 16.5. The van der Waals surface area contributed by atoms with E-state index in [-0.39, 0.29) is 30.2 Å². The second-order valence-electron chi connectivity index (χ2n) is 8.16. The van der Waals surface area contributed by atoms with Crippen LogP contribution < -0.4 is 10.3 Å². The number of hydrogen-bond donors (Lipinski definition) is 0. The van der Waals surface area contributed by atoms with Crippen LogP contribution in [0.5, 0.6) is 5.88 Å². The monoisotopic (exact) mass is 413 g/mol. The Balaban J connectivity index is 1.49. The van der Waals surface area contributed by atoms with Gasteiger partial charge in [0, 0.05) is 26.2 Å². The van der Waals surface area contributed by atoms with E-state index in [2.05, 4.69) is 4.98 Å². The second kappa shape index (κ2) is 8.01. The molecule has 1 saturated heterocycles. The summed E-state index contributed by atoms with van der Waals surface area (Å²) in [4.78, 5) is 17.2. The van der Waals surface area contributed by atoms with Crippen LogP contribution in [0, 0.1) is 11.8 Å². The molecule has 2 aliphatic rings. The molecular weight excluding hydrogens is 387 g/mol. The molecule has 0 spiro atoms. The van der Waals surface area contributed by atoms with Crippen molar-refractivity contribution in [1.29, 1.82) is 0 Å². The van der Waals surface area contributed by atoms with Gasteiger partial charge in [0.05, 0.1) is 24.9 Å². The fourth-order valence-corrected chi connectivity index (χ4v) is 4.39. The van der Waals surface area contributed by atoms with Crippen molar-refractivity contribution >= 4 is 5.52 Å². The number of rotatable bonds is 4. The number of hydrogen-bond acceptors (Lipinski definition) is 4. The first kappa shape index (κ1) is 20.3. The van der Waals surface area contributed by atoms with Crippen LogP contribution in [0.4, 0.5) is 13.2 Å². The van der Waals surface area contributed by atoms with Crippen molar-refractivity contribution in [3.63, 3.8) is 0 Å². The van der Waals surface area contributed by atoms with Gasteiger partial charge in [-0.25, -0.2) is 4.98 Å². The fourth-order valence-electron chi connectivity index (χ4n) is 4.39. The highest BCUT2D eigenvalue weighted by atomic mass is 19.4. The molecule has 0 unspecified atom stereocenters. The first-order chi connectivity index (χ1) is 13.8. The smallest absolute Gasteiger partial charge is 0.391 e. The van der Waals surface area contributed by atoms with Crippen molar-refractivity contribution in [3.05, 3.63) is 28.6 Å². The van der Waals surface area contributed by atoms with Crippen molar-refractivity contribution in [2.24, 2.45) is 18.9 Å². The van der Waals surface area contributed by atoms with Crippen LogP contribution in [-0.4, -0.2) is 39.9 Å². The first-order valence-electron chi connectivity index (χ1n) is 10.2.